The highest BCUT2D eigenvalue weighted by molar-refractivity contribution is 5.94. The molecule has 1 saturated heterocycles. The van der Waals surface area contributed by atoms with E-state index in [2.05, 4.69) is 0 Å². The Hall–Kier alpha value is -2.33. The largest absolute Gasteiger partial charge is 0.489 e. The van der Waals surface area contributed by atoms with Gasteiger partial charge in [-0.25, -0.2) is 0 Å². The standard InChI is InChI=1S/C23H29NO3/c1-23(2,26)16-18-12-14-24(15-13-18)22(25)20-10-8-19(9-11-20)17-27-21-6-4-3-5-7-21/h3-11,18,26H,12-17H2,1-2H3. The number of amides is 1. The van der Waals surface area contributed by atoms with E-state index in [0.717, 1.165) is 49.2 Å². The second kappa shape index (κ2) is 8.57. The van der Waals surface area contributed by atoms with Crippen LogP contribution in [0, 0.1) is 5.92 Å². The van der Waals surface area contributed by atoms with Gasteiger partial charge in [0.25, 0.3) is 5.91 Å². The van der Waals surface area contributed by atoms with Crippen LogP contribution >= 0.6 is 0 Å². The van der Waals surface area contributed by atoms with E-state index < -0.39 is 5.60 Å². The number of carbonyl (C=O) groups excluding carboxylic acids is 1. The highest BCUT2D eigenvalue weighted by Crippen LogP contribution is 2.27. The van der Waals surface area contributed by atoms with E-state index in [1.807, 2.05) is 73.3 Å². The lowest BCUT2D eigenvalue weighted by molar-refractivity contribution is 0.0358. The topological polar surface area (TPSA) is 49.8 Å². The highest BCUT2D eigenvalue weighted by atomic mass is 16.5. The van der Waals surface area contributed by atoms with Gasteiger partial charge in [0.2, 0.25) is 0 Å². The number of ether oxygens (including phenoxy) is 1. The molecule has 0 aromatic heterocycles. The summed E-state index contributed by atoms with van der Waals surface area (Å²) in [6.45, 7) is 5.72. The molecule has 0 saturated carbocycles. The number of hydrogen-bond donors (Lipinski definition) is 1. The number of likely N-dealkylation sites (tertiary alicyclic amines) is 1. The molecule has 0 radical (unpaired) electrons. The second-order valence-electron chi connectivity index (χ2n) is 8.05. The third-order valence-corrected chi connectivity index (χ3v) is 5.04. The highest BCUT2D eigenvalue weighted by Gasteiger charge is 2.27. The second-order valence-corrected chi connectivity index (χ2v) is 8.05. The molecular weight excluding hydrogens is 338 g/mol. The van der Waals surface area contributed by atoms with Crippen molar-refractivity contribution in [1.29, 1.82) is 0 Å². The minimum absolute atomic E-state index is 0.0900. The van der Waals surface area contributed by atoms with E-state index in [4.69, 9.17) is 4.74 Å². The average Bonchev–Trinajstić information content (AvgIpc) is 2.66. The van der Waals surface area contributed by atoms with Gasteiger partial charge in [-0.15, -0.1) is 0 Å². The van der Waals surface area contributed by atoms with Gasteiger partial charge < -0.3 is 14.7 Å². The first kappa shape index (κ1) is 19.4. The molecular formula is C23H29NO3. The summed E-state index contributed by atoms with van der Waals surface area (Å²) in [4.78, 5) is 14.7. The van der Waals surface area contributed by atoms with Gasteiger partial charge in [0.15, 0.2) is 0 Å². The molecule has 0 aliphatic carbocycles. The molecule has 2 aromatic rings. The maximum absolute atomic E-state index is 12.7. The van der Waals surface area contributed by atoms with Crippen molar-refractivity contribution in [2.24, 2.45) is 5.92 Å². The number of aliphatic hydroxyl groups is 1. The third-order valence-electron chi connectivity index (χ3n) is 5.04. The number of nitrogens with zero attached hydrogens (tertiary/aromatic N) is 1. The molecule has 0 atom stereocenters. The summed E-state index contributed by atoms with van der Waals surface area (Å²) in [5.74, 6) is 1.42. The molecule has 0 bridgehead atoms. The molecule has 1 heterocycles. The van der Waals surface area contributed by atoms with Gasteiger partial charge in [0, 0.05) is 18.7 Å². The SMILES string of the molecule is CC(C)(O)CC1CCN(C(=O)c2ccc(COc3ccccc3)cc2)CC1. The molecule has 27 heavy (non-hydrogen) atoms. The third kappa shape index (κ3) is 5.83. The molecule has 0 spiro atoms. The maximum Gasteiger partial charge on any atom is 0.253 e. The molecule has 1 amide bonds. The molecule has 3 rings (SSSR count). The summed E-state index contributed by atoms with van der Waals surface area (Å²) in [6.07, 6.45) is 2.71. The fourth-order valence-corrected chi connectivity index (χ4v) is 3.66. The predicted octanol–water partition coefficient (Wildman–Crippen LogP) is 4.28. The fourth-order valence-electron chi connectivity index (χ4n) is 3.66. The zero-order valence-corrected chi connectivity index (χ0v) is 16.2. The molecule has 4 nitrogen and oxygen atoms in total. The van der Waals surface area contributed by atoms with Crippen molar-refractivity contribution in [1.82, 2.24) is 4.90 Å². The van der Waals surface area contributed by atoms with Crippen molar-refractivity contribution in [3.63, 3.8) is 0 Å². The zero-order valence-electron chi connectivity index (χ0n) is 16.2. The van der Waals surface area contributed by atoms with Crippen LogP contribution in [0.5, 0.6) is 5.75 Å². The first-order chi connectivity index (χ1) is 12.9. The number of para-hydroxylation sites is 1. The van der Waals surface area contributed by atoms with E-state index in [0.29, 0.717) is 12.5 Å². The first-order valence-electron chi connectivity index (χ1n) is 9.69. The van der Waals surface area contributed by atoms with Gasteiger partial charge in [-0.3, -0.25) is 4.79 Å². The van der Waals surface area contributed by atoms with E-state index in [1.165, 1.54) is 0 Å². The zero-order chi connectivity index (χ0) is 19.3. The van der Waals surface area contributed by atoms with Crippen LogP contribution in [-0.2, 0) is 6.61 Å². The van der Waals surface area contributed by atoms with Crippen molar-refractivity contribution >= 4 is 5.91 Å². The van der Waals surface area contributed by atoms with Gasteiger partial charge in [0.05, 0.1) is 5.60 Å². The van der Waals surface area contributed by atoms with Crippen LogP contribution in [0.25, 0.3) is 0 Å². The van der Waals surface area contributed by atoms with E-state index in [-0.39, 0.29) is 5.91 Å². The quantitative estimate of drug-likeness (QED) is 0.829. The summed E-state index contributed by atoms with van der Waals surface area (Å²) >= 11 is 0. The van der Waals surface area contributed by atoms with E-state index >= 15 is 0 Å². The van der Waals surface area contributed by atoms with Crippen LogP contribution < -0.4 is 4.74 Å². The molecule has 1 aliphatic heterocycles. The molecule has 144 valence electrons. The van der Waals surface area contributed by atoms with Crippen molar-refractivity contribution in [2.75, 3.05) is 13.1 Å². The monoisotopic (exact) mass is 367 g/mol. The molecule has 0 unspecified atom stereocenters. The molecule has 4 heteroatoms. The molecule has 1 aliphatic rings. The summed E-state index contributed by atoms with van der Waals surface area (Å²) in [7, 11) is 0. The van der Waals surface area contributed by atoms with Crippen LogP contribution in [0.3, 0.4) is 0 Å². The lowest BCUT2D eigenvalue weighted by Gasteiger charge is -2.34. The Labute approximate surface area is 161 Å². The Bertz CT molecular complexity index is 726. The van der Waals surface area contributed by atoms with Gasteiger partial charge in [-0.1, -0.05) is 30.3 Å². The Morgan fingerprint density at radius 2 is 1.70 bits per heavy atom. The van der Waals surface area contributed by atoms with Crippen LogP contribution in [0.1, 0.15) is 49.0 Å². The Morgan fingerprint density at radius 3 is 2.30 bits per heavy atom. The average molecular weight is 367 g/mol. The van der Waals surface area contributed by atoms with Crippen LogP contribution in [0.15, 0.2) is 54.6 Å². The molecule has 1 fully saturated rings. The van der Waals surface area contributed by atoms with Crippen molar-refractivity contribution in [3.8, 4) is 5.75 Å². The number of hydrogen-bond acceptors (Lipinski definition) is 3. The Morgan fingerprint density at radius 1 is 1.07 bits per heavy atom. The summed E-state index contributed by atoms with van der Waals surface area (Å²) in [5.41, 5.74) is 1.13. The first-order valence-corrected chi connectivity index (χ1v) is 9.69. The van der Waals surface area contributed by atoms with Crippen molar-refractivity contribution in [2.45, 2.75) is 45.3 Å². The number of benzene rings is 2. The fraction of sp³-hybridized carbons (Fsp3) is 0.435. The Balaban J connectivity index is 1.50. The normalized spacial score (nSPS) is 15.6. The van der Waals surface area contributed by atoms with Gasteiger partial charge in [-0.2, -0.15) is 0 Å². The number of carbonyl (C=O) groups is 1. The minimum atomic E-state index is -0.630. The smallest absolute Gasteiger partial charge is 0.253 e. The number of piperidine rings is 1. The molecule has 1 N–H and O–H groups in total. The van der Waals surface area contributed by atoms with Gasteiger partial charge in [-0.05, 0) is 68.9 Å². The Kier molecular flexibility index (Phi) is 6.17. The van der Waals surface area contributed by atoms with Gasteiger partial charge in [0.1, 0.15) is 12.4 Å². The maximum atomic E-state index is 12.7. The summed E-state index contributed by atoms with van der Waals surface area (Å²) in [6, 6.07) is 17.4. The minimum Gasteiger partial charge on any atom is -0.489 e. The van der Waals surface area contributed by atoms with Crippen LogP contribution in [0.2, 0.25) is 0 Å². The molecule has 2 aromatic carbocycles. The van der Waals surface area contributed by atoms with Crippen LogP contribution in [0.4, 0.5) is 0 Å². The van der Waals surface area contributed by atoms with E-state index in [9.17, 15) is 9.90 Å². The van der Waals surface area contributed by atoms with E-state index in [1.54, 1.807) is 0 Å². The lowest BCUT2D eigenvalue weighted by atomic mass is 9.86. The van der Waals surface area contributed by atoms with Crippen molar-refractivity contribution in [3.05, 3.63) is 65.7 Å². The summed E-state index contributed by atoms with van der Waals surface area (Å²) < 4.78 is 5.74. The summed E-state index contributed by atoms with van der Waals surface area (Å²) in [5, 5.41) is 9.97. The predicted molar refractivity (Wildman–Crippen MR) is 107 cm³/mol. The lowest BCUT2D eigenvalue weighted by Crippen LogP contribution is -2.40. The van der Waals surface area contributed by atoms with Crippen molar-refractivity contribution < 1.29 is 14.6 Å². The van der Waals surface area contributed by atoms with Gasteiger partial charge >= 0.3 is 0 Å². The number of rotatable bonds is 6. The van der Waals surface area contributed by atoms with Crippen LogP contribution in [-0.4, -0.2) is 34.6 Å².